The summed E-state index contributed by atoms with van der Waals surface area (Å²) in [4.78, 5) is 37.8. The Labute approximate surface area is 419 Å². The Balaban J connectivity index is 4.14. The maximum absolute atomic E-state index is 12.8. The van der Waals surface area contributed by atoms with E-state index in [1.807, 2.05) is 0 Å². The summed E-state index contributed by atoms with van der Waals surface area (Å²) in [6, 6.07) is 0. The molecular formula is C62H104O6. The largest absolute Gasteiger partial charge is 0.462 e. The summed E-state index contributed by atoms with van der Waals surface area (Å²) in [5, 5.41) is 0. The van der Waals surface area contributed by atoms with Crippen molar-refractivity contribution in [1.82, 2.24) is 0 Å². The van der Waals surface area contributed by atoms with Crippen molar-refractivity contribution in [2.45, 2.75) is 264 Å². The highest BCUT2D eigenvalue weighted by Gasteiger charge is 2.19. The van der Waals surface area contributed by atoms with Gasteiger partial charge in [-0.25, -0.2) is 0 Å². The Morgan fingerprint density at radius 3 is 0.912 bits per heavy atom. The van der Waals surface area contributed by atoms with Gasteiger partial charge in [0.15, 0.2) is 6.10 Å². The first-order chi connectivity index (χ1) is 33.5. The van der Waals surface area contributed by atoms with Gasteiger partial charge < -0.3 is 14.2 Å². The highest BCUT2D eigenvalue weighted by molar-refractivity contribution is 5.71. The van der Waals surface area contributed by atoms with E-state index in [0.29, 0.717) is 19.3 Å². The molecule has 0 aromatic carbocycles. The number of rotatable bonds is 50. The monoisotopic (exact) mass is 945 g/mol. The minimum atomic E-state index is -0.782. The molecule has 6 nitrogen and oxygen atoms in total. The van der Waals surface area contributed by atoms with Crippen molar-refractivity contribution in [3.8, 4) is 0 Å². The highest BCUT2D eigenvalue weighted by atomic mass is 16.6. The fourth-order valence-electron chi connectivity index (χ4n) is 7.59. The second-order valence-corrected chi connectivity index (χ2v) is 18.5. The second kappa shape index (κ2) is 55.9. The number of carbonyl (C=O) groups is 3. The van der Waals surface area contributed by atoms with E-state index in [4.69, 9.17) is 14.2 Å². The molecule has 0 saturated heterocycles. The first kappa shape index (κ1) is 64.3. The van der Waals surface area contributed by atoms with Crippen molar-refractivity contribution in [2.75, 3.05) is 13.2 Å². The molecule has 0 N–H and O–H groups in total. The van der Waals surface area contributed by atoms with Crippen LogP contribution in [0.3, 0.4) is 0 Å². The first-order valence-corrected chi connectivity index (χ1v) is 28.2. The minimum absolute atomic E-state index is 0.0841. The molecule has 1 atom stereocenters. The first-order valence-electron chi connectivity index (χ1n) is 28.2. The zero-order chi connectivity index (χ0) is 49.3. The SMILES string of the molecule is CC/C=C\C/C=C\C/C=C\C/C=C\C/C=C\C/C=C\CCCCCCCCCCC(=O)OCC(COC(=O)CCCCCCC)OC(=O)CCCCCCCCC/C=C\C/C=C\CCCCCC. The summed E-state index contributed by atoms with van der Waals surface area (Å²) in [5.74, 6) is -0.914. The van der Waals surface area contributed by atoms with Crippen LogP contribution in [0.5, 0.6) is 0 Å². The average molecular weight is 946 g/mol. The van der Waals surface area contributed by atoms with Crippen molar-refractivity contribution in [1.29, 1.82) is 0 Å². The van der Waals surface area contributed by atoms with Gasteiger partial charge in [0.25, 0.3) is 0 Å². The lowest BCUT2D eigenvalue weighted by atomic mass is 10.1. The molecule has 6 heteroatoms. The maximum atomic E-state index is 12.8. The molecule has 0 aliphatic carbocycles. The molecule has 388 valence electrons. The quantitative estimate of drug-likeness (QED) is 0.0262. The van der Waals surface area contributed by atoms with Crippen LogP contribution in [0.1, 0.15) is 258 Å². The van der Waals surface area contributed by atoms with Gasteiger partial charge in [0.2, 0.25) is 0 Å². The van der Waals surface area contributed by atoms with E-state index >= 15 is 0 Å². The minimum Gasteiger partial charge on any atom is -0.462 e. The third kappa shape index (κ3) is 53.3. The number of hydrogen-bond donors (Lipinski definition) is 0. The second-order valence-electron chi connectivity index (χ2n) is 18.5. The zero-order valence-electron chi connectivity index (χ0n) is 44.3. The summed E-state index contributed by atoms with van der Waals surface area (Å²) in [6.07, 6.45) is 74.4. The molecule has 0 aliphatic rings. The van der Waals surface area contributed by atoms with Crippen molar-refractivity contribution >= 4 is 17.9 Å². The van der Waals surface area contributed by atoms with Gasteiger partial charge in [-0.3, -0.25) is 14.4 Å². The topological polar surface area (TPSA) is 78.9 Å². The van der Waals surface area contributed by atoms with Gasteiger partial charge in [0.1, 0.15) is 13.2 Å². The Hall–Kier alpha value is -3.67. The lowest BCUT2D eigenvalue weighted by Gasteiger charge is -2.18. The molecule has 0 saturated carbocycles. The number of hydrogen-bond acceptors (Lipinski definition) is 6. The van der Waals surface area contributed by atoms with E-state index in [1.54, 1.807) is 0 Å². The fourth-order valence-corrected chi connectivity index (χ4v) is 7.59. The number of unbranched alkanes of at least 4 members (excludes halogenated alkanes) is 23. The predicted octanol–water partition coefficient (Wildman–Crippen LogP) is 18.9. The number of esters is 3. The third-order valence-electron chi connectivity index (χ3n) is 11.8. The van der Waals surface area contributed by atoms with Gasteiger partial charge in [-0.05, 0) is 103 Å². The van der Waals surface area contributed by atoms with Gasteiger partial charge in [-0.2, -0.15) is 0 Å². The van der Waals surface area contributed by atoms with Crippen LogP contribution in [-0.4, -0.2) is 37.2 Å². The molecule has 0 aromatic heterocycles. The normalized spacial score (nSPS) is 12.8. The number of allylic oxidation sites excluding steroid dienone is 16. The van der Waals surface area contributed by atoms with E-state index < -0.39 is 6.10 Å². The lowest BCUT2D eigenvalue weighted by Crippen LogP contribution is -2.30. The zero-order valence-corrected chi connectivity index (χ0v) is 44.3. The van der Waals surface area contributed by atoms with Crippen LogP contribution in [0.15, 0.2) is 97.2 Å². The van der Waals surface area contributed by atoms with Crippen molar-refractivity contribution < 1.29 is 28.6 Å². The molecule has 0 spiro atoms. The van der Waals surface area contributed by atoms with Crippen LogP contribution in [0, 0.1) is 0 Å². The predicted molar refractivity (Wildman–Crippen MR) is 293 cm³/mol. The summed E-state index contributed by atoms with van der Waals surface area (Å²) < 4.78 is 16.7. The van der Waals surface area contributed by atoms with Crippen LogP contribution < -0.4 is 0 Å². The molecule has 1 unspecified atom stereocenters. The maximum Gasteiger partial charge on any atom is 0.306 e. The molecular weight excluding hydrogens is 841 g/mol. The molecule has 0 aliphatic heterocycles. The molecule has 0 aromatic rings. The number of carbonyl (C=O) groups excluding carboxylic acids is 3. The van der Waals surface area contributed by atoms with E-state index in [2.05, 4.69) is 118 Å². The van der Waals surface area contributed by atoms with E-state index in [1.165, 1.54) is 96.3 Å². The molecule has 0 radical (unpaired) electrons. The Bertz CT molecular complexity index is 1360. The van der Waals surface area contributed by atoms with Gasteiger partial charge in [-0.15, -0.1) is 0 Å². The van der Waals surface area contributed by atoms with Crippen LogP contribution in [0.4, 0.5) is 0 Å². The molecule has 0 fully saturated rings. The van der Waals surface area contributed by atoms with E-state index in [-0.39, 0.29) is 31.1 Å². The fraction of sp³-hybridized carbons (Fsp3) is 0.694. The Kier molecular flexibility index (Phi) is 52.9. The van der Waals surface area contributed by atoms with Crippen molar-refractivity contribution in [2.24, 2.45) is 0 Å². The average Bonchev–Trinajstić information content (AvgIpc) is 3.34. The standard InChI is InChI=1S/C62H104O6/c1-4-7-10-13-15-17-19-21-23-25-27-28-29-30-31-32-33-34-35-37-38-40-42-44-46-49-52-55-61(64)67-58-59(57-66-60(63)54-51-48-12-9-6-3)68-62(65)56-53-50-47-45-43-41-39-36-26-24-22-20-18-16-14-11-8-5-2/h7,10,15,17-18,20-21,23-24,26-28,30-31,33-34,59H,4-6,8-9,11-14,16,19,22,25,29,32,35-58H2,1-3H3/b10-7-,17-15-,20-18-,23-21-,26-24-,28-27-,31-30-,34-33-. The van der Waals surface area contributed by atoms with Gasteiger partial charge in [0.05, 0.1) is 0 Å². The molecule has 0 heterocycles. The number of ether oxygens (including phenoxy) is 3. The van der Waals surface area contributed by atoms with Gasteiger partial charge >= 0.3 is 17.9 Å². The highest BCUT2D eigenvalue weighted by Crippen LogP contribution is 2.14. The molecule has 0 bridgehead atoms. The molecule has 0 amide bonds. The van der Waals surface area contributed by atoms with Crippen LogP contribution >= 0.6 is 0 Å². The summed E-state index contributed by atoms with van der Waals surface area (Å²) in [6.45, 7) is 6.41. The summed E-state index contributed by atoms with van der Waals surface area (Å²) in [7, 11) is 0. The Morgan fingerprint density at radius 1 is 0.309 bits per heavy atom. The van der Waals surface area contributed by atoms with Gasteiger partial charge in [0, 0.05) is 19.3 Å². The Morgan fingerprint density at radius 2 is 0.574 bits per heavy atom. The van der Waals surface area contributed by atoms with Gasteiger partial charge in [-0.1, -0.05) is 234 Å². The smallest absolute Gasteiger partial charge is 0.306 e. The molecule has 0 rings (SSSR count). The van der Waals surface area contributed by atoms with E-state index in [0.717, 1.165) is 122 Å². The third-order valence-corrected chi connectivity index (χ3v) is 11.8. The molecule has 68 heavy (non-hydrogen) atoms. The van der Waals surface area contributed by atoms with Crippen molar-refractivity contribution in [3.05, 3.63) is 97.2 Å². The lowest BCUT2D eigenvalue weighted by molar-refractivity contribution is -0.167. The van der Waals surface area contributed by atoms with Crippen LogP contribution in [0.25, 0.3) is 0 Å². The van der Waals surface area contributed by atoms with Crippen LogP contribution in [-0.2, 0) is 28.6 Å². The van der Waals surface area contributed by atoms with E-state index in [9.17, 15) is 14.4 Å². The van der Waals surface area contributed by atoms with Crippen LogP contribution in [0.2, 0.25) is 0 Å². The summed E-state index contributed by atoms with van der Waals surface area (Å²) in [5.41, 5.74) is 0. The summed E-state index contributed by atoms with van der Waals surface area (Å²) >= 11 is 0. The van der Waals surface area contributed by atoms with Crippen molar-refractivity contribution in [3.63, 3.8) is 0 Å².